The fraction of sp³-hybridized carbons (Fsp3) is 0.500. The summed E-state index contributed by atoms with van der Waals surface area (Å²) in [5.74, 6) is 1.76. The Hall–Kier alpha value is -1.29. The zero-order chi connectivity index (χ0) is 15.5. The predicted molar refractivity (Wildman–Crippen MR) is 96.0 cm³/mol. The van der Waals surface area contributed by atoms with Crippen molar-refractivity contribution < 1.29 is 0 Å². The van der Waals surface area contributed by atoms with Crippen molar-refractivity contribution in [1.29, 1.82) is 0 Å². The molecule has 1 aliphatic rings. The molecule has 4 heteroatoms. The van der Waals surface area contributed by atoms with Crippen molar-refractivity contribution in [3.8, 4) is 5.69 Å². The van der Waals surface area contributed by atoms with Crippen LogP contribution in [0.2, 0.25) is 0 Å². The minimum absolute atomic E-state index is 0.557. The molecule has 0 bridgehead atoms. The van der Waals surface area contributed by atoms with Gasteiger partial charge in [-0.1, -0.05) is 35.8 Å². The minimum atomic E-state index is 0.557. The zero-order valence-electron chi connectivity index (χ0n) is 13.4. The summed E-state index contributed by atoms with van der Waals surface area (Å²) in [7, 11) is 0. The maximum Gasteiger partial charge on any atom is 0.133 e. The Kier molecular flexibility index (Phi) is 4.87. The molecule has 22 heavy (non-hydrogen) atoms. The number of hydrogen-bond acceptors (Lipinski definition) is 2. The summed E-state index contributed by atoms with van der Waals surface area (Å²) in [5, 5.41) is 8.64. The van der Waals surface area contributed by atoms with Gasteiger partial charge < -0.3 is 5.32 Å². The van der Waals surface area contributed by atoms with Gasteiger partial charge in [0.2, 0.25) is 0 Å². The molecular weight excluding hydrogens is 338 g/mol. The Bertz CT molecular complexity index is 644. The van der Waals surface area contributed by atoms with Crippen molar-refractivity contribution in [1.82, 2.24) is 9.78 Å². The van der Waals surface area contributed by atoms with E-state index in [0.29, 0.717) is 5.92 Å². The number of nitrogens with one attached hydrogen (secondary N) is 1. The van der Waals surface area contributed by atoms with E-state index in [4.69, 9.17) is 5.10 Å². The molecule has 1 N–H and O–H groups in total. The van der Waals surface area contributed by atoms with E-state index in [2.05, 4.69) is 64.0 Å². The Balaban J connectivity index is 2.14. The third-order valence-electron chi connectivity index (χ3n) is 4.59. The molecule has 1 aliphatic heterocycles. The summed E-state index contributed by atoms with van der Waals surface area (Å²) < 4.78 is 3.20. The van der Waals surface area contributed by atoms with Crippen molar-refractivity contribution in [3.05, 3.63) is 40.0 Å². The van der Waals surface area contributed by atoms with Crippen LogP contribution in [-0.2, 0) is 6.42 Å². The van der Waals surface area contributed by atoms with Gasteiger partial charge in [0.25, 0.3) is 0 Å². The van der Waals surface area contributed by atoms with E-state index in [1.54, 1.807) is 0 Å². The third kappa shape index (κ3) is 2.94. The first-order valence-corrected chi connectivity index (χ1v) is 9.15. The average Bonchev–Trinajstić information content (AvgIpc) is 2.71. The van der Waals surface area contributed by atoms with Crippen molar-refractivity contribution in [2.45, 2.75) is 51.9 Å². The first kappa shape index (κ1) is 15.6. The number of halogens is 1. The van der Waals surface area contributed by atoms with E-state index in [0.717, 1.165) is 36.0 Å². The second-order valence-corrected chi connectivity index (χ2v) is 6.92. The summed E-state index contributed by atoms with van der Waals surface area (Å²) in [6, 6.07) is 8.39. The van der Waals surface area contributed by atoms with Gasteiger partial charge in [-0.3, -0.25) is 0 Å². The topological polar surface area (TPSA) is 29.9 Å². The van der Waals surface area contributed by atoms with Gasteiger partial charge in [0.05, 0.1) is 11.4 Å². The van der Waals surface area contributed by atoms with Crippen LogP contribution in [0.4, 0.5) is 5.82 Å². The summed E-state index contributed by atoms with van der Waals surface area (Å²) in [6.07, 6.45) is 5.92. The molecule has 0 saturated carbocycles. The van der Waals surface area contributed by atoms with Gasteiger partial charge in [-0.05, 0) is 50.3 Å². The molecule has 3 rings (SSSR count). The summed E-state index contributed by atoms with van der Waals surface area (Å²) in [6.45, 7) is 5.57. The molecule has 118 valence electrons. The van der Waals surface area contributed by atoms with E-state index in [9.17, 15) is 0 Å². The fourth-order valence-corrected chi connectivity index (χ4v) is 3.71. The lowest BCUT2D eigenvalue weighted by atomic mass is 9.94. The van der Waals surface area contributed by atoms with Gasteiger partial charge in [-0.15, -0.1) is 0 Å². The summed E-state index contributed by atoms with van der Waals surface area (Å²) in [4.78, 5) is 0. The predicted octanol–water partition coefficient (Wildman–Crippen LogP) is 5.29. The number of fused-ring (bicyclic) bond motifs is 1. The van der Waals surface area contributed by atoms with Gasteiger partial charge in [0.15, 0.2) is 0 Å². The van der Waals surface area contributed by atoms with Crippen LogP contribution in [0.5, 0.6) is 0 Å². The van der Waals surface area contributed by atoms with Crippen LogP contribution in [0.15, 0.2) is 28.7 Å². The lowest BCUT2D eigenvalue weighted by molar-refractivity contribution is 0.605. The molecule has 1 aromatic heterocycles. The van der Waals surface area contributed by atoms with Gasteiger partial charge in [0, 0.05) is 22.5 Å². The molecule has 1 aromatic carbocycles. The van der Waals surface area contributed by atoms with Crippen LogP contribution in [0.25, 0.3) is 5.69 Å². The molecule has 0 radical (unpaired) electrons. The zero-order valence-corrected chi connectivity index (χ0v) is 15.0. The Labute approximate surface area is 141 Å². The number of hydrogen-bond donors (Lipinski definition) is 1. The van der Waals surface area contributed by atoms with Crippen LogP contribution in [0, 0.1) is 0 Å². The van der Waals surface area contributed by atoms with Crippen molar-refractivity contribution in [2.75, 3.05) is 11.9 Å². The van der Waals surface area contributed by atoms with E-state index >= 15 is 0 Å². The number of anilines is 1. The van der Waals surface area contributed by atoms with Crippen LogP contribution in [-0.4, -0.2) is 16.3 Å². The molecule has 3 nitrogen and oxygen atoms in total. The highest BCUT2D eigenvalue weighted by Crippen LogP contribution is 2.34. The third-order valence-corrected chi connectivity index (χ3v) is 5.08. The number of nitrogens with zero attached hydrogens (tertiary/aromatic N) is 2. The van der Waals surface area contributed by atoms with Gasteiger partial charge in [-0.25, -0.2) is 4.68 Å². The Morgan fingerprint density at radius 2 is 2.09 bits per heavy atom. The number of benzene rings is 1. The summed E-state index contributed by atoms with van der Waals surface area (Å²) in [5.41, 5.74) is 3.86. The lowest BCUT2D eigenvalue weighted by Gasteiger charge is -2.11. The highest BCUT2D eigenvalue weighted by atomic mass is 79.9. The molecule has 0 atom stereocenters. The van der Waals surface area contributed by atoms with Gasteiger partial charge >= 0.3 is 0 Å². The van der Waals surface area contributed by atoms with E-state index in [1.807, 2.05) is 0 Å². The maximum absolute atomic E-state index is 5.02. The number of rotatable bonds is 4. The number of aromatic nitrogens is 2. The maximum atomic E-state index is 5.02. The molecule has 0 amide bonds. The molecule has 0 fully saturated rings. The second kappa shape index (κ2) is 6.86. The molecule has 0 saturated heterocycles. The smallest absolute Gasteiger partial charge is 0.133 e. The molecule has 0 spiro atoms. The van der Waals surface area contributed by atoms with E-state index in [-0.39, 0.29) is 0 Å². The molecular formula is C18H24BrN3. The van der Waals surface area contributed by atoms with Gasteiger partial charge in [-0.2, -0.15) is 5.10 Å². The first-order chi connectivity index (χ1) is 10.7. The quantitative estimate of drug-likeness (QED) is 0.801. The Morgan fingerprint density at radius 3 is 2.82 bits per heavy atom. The highest BCUT2D eigenvalue weighted by Gasteiger charge is 2.24. The SMILES string of the molecule is CCC(CC)c1nn(-c2cccc(Br)c2)c2c1CCCCN2. The normalized spacial score (nSPS) is 14.5. The van der Waals surface area contributed by atoms with Crippen LogP contribution in [0.3, 0.4) is 0 Å². The fourth-order valence-electron chi connectivity index (χ4n) is 3.33. The van der Waals surface area contributed by atoms with Crippen molar-refractivity contribution in [2.24, 2.45) is 0 Å². The largest absolute Gasteiger partial charge is 0.370 e. The Morgan fingerprint density at radius 1 is 1.27 bits per heavy atom. The van der Waals surface area contributed by atoms with Crippen LogP contribution < -0.4 is 5.32 Å². The lowest BCUT2D eigenvalue weighted by Crippen LogP contribution is -2.07. The monoisotopic (exact) mass is 361 g/mol. The summed E-state index contributed by atoms with van der Waals surface area (Å²) >= 11 is 3.57. The standard InChI is InChI=1S/C18H24BrN3/c1-3-13(4-2)17-16-10-5-6-11-20-18(16)22(21-17)15-9-7-8-14(19)12-15/h7-9,12-13,20H,3-6,10-11H2,1-2H3. The molecule has 0 aliphatic carbocycles. The van der Waals surface area contributed by atoms with Crippen LogP contribution in [0.1, 0.15) is 56.7 Å². The molecule has 2 aromatic rings. The average molecular weight is 362 g/mol. The minimum Gasteiger partial charge on any atom is -0.370 e. The van der Waals surface area contributed by atoms with Gasteiger partial charge in [0.1, 0.15) is 5.82 Å². The highest BCUT2D eigenvalue weighted by molar-refractivity contribution is 9.10. The second-order valence-electron chi connectivity index (χ2n) is 6.00. The first-order valence-electron chi connectivity index (χ1n) is 8.36. The molecule has 2 heterocycles. The van der Waals surface area contributed by atoms with E-state index < -0.39 is 0 Å². The van der Waals surface area contributed by atoms with Crippen molar-refractivity contribution >= 4 is 21.7 Å². The van der Waals surface area contributed by atoms with Crippen LogP contribution >= 0.6 is 15.9 Å². The molecule has 0 unspecified atom stereocenters. The van der Waals surface area contributed by atoms with E-state index in [1.165, 1.54) is 29.9 Å². The van der Waals surface area contributed by atoms with Crippen molar-refractivity contribution in [3.63, 3.8) is 0 Å².